The van der Waals surface area contributed by atoms with Crippen molar-refractivity contribution in [1.82, 2.24) is 0 Å². The molecule has 0 unspecified atom stereocenters. The lowest BCUT2D eigenvalue weighted by molar-refractivity contribution is -0.142. The minimum absolute atomic E-state index is 0.195. The minimum Gasteiger partial charge on any atom is -0.461 e. The summed E-state index contributed by atoms with van der Waals surface area (Å²) in [5, 5.41) is 9.49. The van der Waals surface area contributed by atoms with Crippen LogP contribution in [-0.4, -0.2) is 12.6 Å². The van der Waals surface area contributed by atoms with Crippen molar-refractivity contribution in [2.24, 2.45) is 0 Å². The Labute approximate surface area is 173 Å². The van der Waals surface area contributed by atoms with E-state index in [1.807, 2.05) is 48.6 Å². The average molecular weight is 386 g/mol. The molecular formula is C26H27NO2. The van der Waals surface area contributed by atoms with E-state index in [4.69, 9.17) is 4.74 Å². The molecule has 29 heavy (non-hydrogen) atoms. The number of carbonyl (C=O) groups excluding carboxylic acids is 1. The van der Waals surface area contributed by atoms with Gasteiger partial charge in [0.05, 0.1) is 6.07 Å². The summed E-state index contributed by atoms with van der Waals surface area (Å²) < 4.78 is 4.96. The lowest BCUT2D eigenvalue weighted by Gasteiger charge is -2.08. The molecule has 0 aliphatic rings. The number of carbonyl (C=O) groups is 1. The Hall–Kier alpha value is -3.38. The molecule has 0 aliphatic heterocycles. The van der Waals surface area contributed by atoms with Gasteiger partial charge in [-0.25, -0.2) is 0 Å². The van der Waals surface area contributed by atoms with Crippen LogP contribution in [0.4, 0.5) is 0 Å². The fourth-order valence-electron chi connectivity index (χ4n) is 2.94. The van der Waals surface area contributed by atoms with E-state index in [2.05, 4.69) is 36.9 Å². The number of hydrogen-bond donors (Lipinski definition) is 0. The second-order valence-corrected chi connectivity index (χ2v) is 6.65. The number of esters is 1. The molecule has 0 fully saturated rings. The molecule has 3 heteroatoms. The van der Waals surface area contributed by atoms with Crippen LogP contribution in [0.15, 0.2) is 91.0 Å². The third-order valence-corrected chi connectivity index (χ3v) is 4.45. The lowest BCUT2D eigenvalue weighted by atomic mass is 9.97. The summed E-state index contributed by atoms with van der Waals surface area (Å²) in [5.41, 5.74) is 4.06. The van der Waals surface area contributed by atoms with Gasteiger partial charge in [0.25, 0.3) is 0 Å². The van der Waals surface area contributed by atoms with Crippen molar-refractivity contribution in [3.63, 3.8) is 0 Å². The number of rotatable bonds is 11. The lowest BCUT2D eigenvalue weighted by Crippen LogP contribution is -2.03. The van der Waals surface area contributed by atoms with Crippen molar-refractivity contribution in [2.75, 3.05) is 6.61 Å². The van der Waals surface area contributed by atoms with E-state index in [9.17, 15) is 10.1 Å². The predicted octanol–water partition coefficient (Wildman–Crippen LogP) is 6.25. The summed E-state index contributed by atoms with van der Waals surface area (Å²) in [6, 6.07) is 22.6. The first-order valence-electron chi connectivity index (χ1n) is 9.93. The molecular weight excluding hydrogens is 358 g/mol. The molecule has 0 bridgehead atoms. The van der Waals surface area contributed by atoms with Gasteiger partial charge < -0.3 is 4.74 Å². The molecule has 0 amide bonds. The van der Waals surface area contributed by atoms with Crippen LogP contribution in [0.25, 0.3) is 5.57 Å². The van der Waals surface area contributed by atoms with Crippen LogP contribution in [0.1, 0.15) is 43.2 Å². The quantitative estimate of drug-likeness (QED) is 0.151. The molecule has 0 atom stereocenters. The standard InChI is InChI=1S/C26H27NO2/c1-2-20-29-26(28)17-11-3-6-12-22(21-27)18-19-25(23-13-7-4-8-14-23)24-15-9-5-10-16-24/h2,4-5,7-10,13-16,18-19H,1,3,6,11-12,17,20H2. The number of nitrogens with zero attached hydrogens (tertiary/aromatic N) is 1. The summed E-state index contributed by atoms with van der Waals surface area (Å²) in [5.74, 6) is -0.195. The Balaban J connectivity index is 1.98. The summed E-state index contributed by atoms with van der Waals surface area (Å²) in [4.78, 5) is 11.5. The zero-order valence-electron chi connectivity index (χ0n) is 16.7. The van der Waals surface area contributed by atoms with Gasteiger partial charge in [-0.05, 0) is 42.0 Å². The average Bonchev–Trinajstić information content (AvgIpc) is 2.77. The van der Waals surface area contributed by atoms with Crippen LogP contribution < -0.4 is 0 Å². The molecule has 0 saturated heterocycles. The first-order chi connectivity index (χ1) is 14.2. The highest BCUT2D eigenvalue weighted by Crippen LogP contribution is 2.24. The summed E-state index contributed by atoms with van der Waals surface area (Å²) >= 11 is 0. The summed E-state index contributed by atoms with van der Waals surface area (Å²) in [7, 11) is 0. The van der Waals surface area contributed by atoms with Crippen molar-refractivity contribution in [3.8, 4) is 6.07 Å². The van der Waals surface area contributed by atoms with Crippen molar-refractivity contribution in [1.29, 1.82) is 5.26 Å². The SMILES string of the molecule is C=CCOC(=O)CCCCCC(C#N)=CC=C(c1ccccc1)c1ccccc1. The van der Waals surface area contributed by atoms with E-state index in [0.717, 1.165) is 41.5 Å². The summed E-state index contributed by atoms with van der Waals surface area (Å²) in [6.07, 6.45) is 9.13. The first-order valence-corrected chi connectivity index (χ1v) is 9.93. The fraction of sp³-hybridized carbons (Fsp3) is 0.231. The highest BCUT2D eigenvalue weighted by molar-refractivity contribution is 5.80. The van der Waals surface area contributed by atoms with E-state index in [1.165, 1.54) is 0 Å². The van der Waals surface area contributed by atoms with Gasteiger partial charge in [-0.15, -0.1) is 0 Å². The van der Waals surface area contributed by atoms with Crippen molar-refractivity contribution in [2.45, 2.75) is 32.1 Å². The molecule has 2 rings (SSSR count). The zero-order chi connectivity index (χ0) is 20.7. The Morgan fingerprint density at radius 3 is 2.03 bits per heavy atom. The van der Waals surface area contributed by atoms with E-state index in [1.54, 1.807) is 6.08 Å². The number of benzene rings is 2. The normalized spacial score (nSPS) is 10.7. The van der Waals surface area contributed by atoms with Crippen LogP contribution >= 0.6 is 0 Å². The Kier molecular flexibility index (Phi) is 9.75. The van der Waals surface area contributed by atoms with Crippen molar-refractivity contribution in [3.05, 3.63) is 102 Å². The molecule has 0 saturated carbocycles. The van der Waals surface area contributed by atoms with Gasteiger partial charge in [0.2, 0.25) is 0 Å². The van der Waals surface area contributed by atoms with Gasteiger partial charge in [0, 0.05) is 12.0 Å². The molecule has 2 aromatic rings. The van der Waals surface area contributed by atoms with Crippen LogP contribution in [0.5, 0.6) is 0 Å². The fourth-order valence-corrected chi connectivity index (χ4v) is 2.94. The van der Waals surface area contributed by atoms with E-state index in [0.29, 0.717) is 12.8 Å². The number of hydrogen-bond acceptors (Lipinski definition) is 3. The zero-order valence-corrected chi connectivity index (χ0v) is 16.7. The van der Waals surface area contributed by atoms with Gasteiger partial charge in [0.15, 0.2) is 0 Å². The minimum atomic E-state index is -0.195. The van der Waals surface area contributed by atoms with Gasteiger partial charge in [0.1, 0.15) is 6.61 Å². The van der Waals surface area contributed by atoms with Gasteiger partial charge in [-0.3, -0.25) is 4.79 Å². The Bertz CT molecular complexity index is 832. The third kappa shape index (κ3) is 8.02. The molecule has 0 N–H and O–H groups in total. The maximum atomic E-state index is 11.5. The molecule has 148 valence electrons. The van der Waals surface area contributed by atoms with Crippen LogP contribution in [-0.2, 0) is 9.53 Å². The van der Waals surface area contributed by atoms with E-state index < -0.39 is 0 Å². The topological polar surface area (TPSA) is 50.1 Å². The number of allylic oxidation sites excluding steroid dienone is 3. The molecule has 0 heterocycles. The number of nitriles is 1. The largest absolute Gasteiger partial charge is 0.461 e. The van der Waals surface area contributed by atoms with Crippen molar-refractivity contribution >= 4 is 11.5 Å². The number of ether oxygens (including phenoxy) is 1. The van der Waals surface area contributed by atoms with Crippen molar-refractivity contribution < 1.29 is 9.53 Å². The van der Waals surface area contributed by atoms with E-state index in [-0.39, 0.29) is 12.6 Å². The monoisotopic (exact) mass is 385 g/mol. The van der Waals surface area contributed by atoms with Crippen LogP contribution in [0.2, 0.25) is 0 Å². The predicted molar refractivity (Wildman–Crippen MR) is 118 cm³/mol. The first kappa shape index (κ1) is 21.9. The molecule has 0 spiro atoms. The highest BCUT2D eigenvalue weighted by atomic mass is 16.5. The van der Waals surface area contributed by atoms with Gasteiger partial charge >= 0.3 is 5.97 Å². The molecule has 3 nitrogen and oxygen atoms in total. The number of unbranched alkanes of at least 4 members (excludes halogenated alkanes) is 2. The Morgan fingerprint density at radius 1 is 0.897 bits per heavy atom. The Morgan fingerprint density at radius 2 is 1.48 bits per heavy atom. The molecule has 2 aromatic carbocycles. The van der Waals surface area contributed by atoms with Gasteiger partial charge in [-0.1, -0.05) is 85.8 Å². The van der Waals surface area contributed by atoms with Gasteiger partial charge in [-0.2, -0.15) is 5.26 Å². The third-order valence-electron chi connectivity index (χ3n) is 4.45. The van der Waals surface area contributed by atoms with Crippen LogP contribution in [0, 0.1) is 11.3 Å². The smallest absolute Gasteiger partial charge is 0.306 e. The molecule has 0 radical (unpaired) electrons. The maximum absolute atomic E-state index is 11.5. The maximum Gasteiger partial charge on any atom is 0.306 e. The second-order valence-electron chi connectivity index (χ2n) is 6.65. The summed E-state index contributed by atoms with van der Waals surface area (Å²) in [6.45, 7) is 3.78. The van der Waals surface area contributed by atoms with E-state index >= 15 is 0 Å². The molecule has 0 aliphatic carbocycles. The second kappa shape index (κ2) is 12.9. The molecule has 0 aromatic heterocycles. The highest BCUT2D eigenvalue weighted by Gasteiger charge is 2.05. The van der Waals surface area contributed by atoms with Crippen LogP contribution in [0.3, 0.4) is 0 Å².